The van der Waals surface area contributed by atoms with E-state index < -0.39 is 13.5 Å². The fraction of sp³-hybridized carbons (Fsp3) is 0.296. The lowest BCUT2D eigenvalue weighted by Crippen LogP contribution is -2.30. The summed E-state index contributed by atoms with van der Waals surface area (Å²) in [4.78, 5) is 13.1. The summed E-state index contributed by atoms with van der Waals surface area (Å²) in [5.74, 6) is 9.03. The molecule has 0 fully saturated rings. The molecule has 0 bridgehead atoms. The van der Waals surface area contributed by atoms with Crippen LogP contribution in [0.1, 0.15) is 37.8 Å². The Kier molecular flexibility index (Phi) is 7.44. The molecule has 0 aliphatic heterocycles. The summed E-state index contributed by atoms with van der Waals surface area (Å²) in [6.07, 6.45) is 2.13. The van der Waals surface area contributed by atoms with Crippen LogP contribution in [-0.4, -0.2) is 13.9 Å². The van der Waals surface area contributed by atoms with Crippen molar-refractivity contribution in [3.8, 4) is 23.3 Å². The molecule has 0 aromatic heterocycles. The topological polar surface area (TPSA) is 17.1 Å². The van der Waals surface area contributed by atoms with E-state index >= 15 is 0 Å². The molecular weight excluding hydrogens is 368 g/mol. The molecule has 1 unspecified atom stereocenters. The Hall–Kier alpha value is -2.81. The van der Waals surface area contributed by atoms with Crippen LogP contribution in [-0.2, 0) is 4.79 Å². The first-order valence-electron chi connectivity index (χ1n) is 9.97. The van der Waals surface area contributed by atoms with Gasteiger partial charge in [0, 0.05) is 16.9 Å². The summed E-state index contributed by atoms with van der Waals surface area (Å²) >= 11 is 0. The molecule has 1 atom stereocenters. The zero-order valence-corrected chi connectivity index (χ0v) is 19.3. The third-order valence-corrected chi connectivity index (χ3v) is 5.54. The lowest BCUT2D eigenvalue weighted by molar-refractivity contribution is -0.121. The summed E-state index contributed by atoms with van der Waals surface area (Å²) in [6.45, 7) is 12.7. The number of carbonyl (C=O) groups is 1. The van der Waals surface area contributed by atoms with Crippen molar-refractivity contribution in [3.63, 3.8) is 0 Å². The van der Waals surface area contributed by atoms with Crippen LogP contribution in [0.5, 0.6) is 0 Å². The third kappa shape index (κ3) is 6.94. The highest BCUT2D eigenvalue weighted by Gasteiger charge is 2.35. The molecule has 0 spiro atoms. The van der Waals surface area contributed by atoms with E-state index in [4.69, 9.17) is 0 Å². The van der Waals surface area contributed by atoms with Gasteiger partial charge in [-0.15, -0.1) is 5.54 Å². The van der Waals surface area contributed by atoms with Crippen molar-refractivity contribution in [2.24, 2.45) is 5.41 Å². The molecule has 0 amide bonds. The molecule has 1 nitrogen and oxygen atoms in total. The van der Waals surface area contributed by atoms with Crippen LogP contribution >= 0.6 is 0 Å². The molecule has 0 N–H and O–H groups in total. The van der Waals surface area contributed by atoms with Crippen LogP contribution in [0.2, 0.25) is 19.6 Å². The van der Waals surface area contributed by atoms with Gasteiger partial charge in [0.15, 0.2) is 0 Å². The molecule has 0 aliphatic rings. The molecule has 0 radical (unpaired) electrons. The van der Waals surface area contributed by atoms with Crippen molar-refractivity contribution >= 4 is 13.9 Å². The van der Waals surface area contributed by atoms with Gasteiger partial charge in [-0.05, 0) is 36.1 Å². The zero-order valence-electron chi connectivity index (χ0n) is 18.3. The number of ketones is 1. The SMILES string of the molecule is C/C(C#C[Si](C)(C)C)=C/C(c1ccccc1)C(C)(C)C(=O)C#Cc1ccccc1. The van der Waals surface area contributed by atoms with Crippen molar-refractivity contribution < 1.29 is 4.79 Å². The van der Waals surface area contributed by atoms with E-state index in [-0.39, 0.29) is 11.7 Å². The highest BCUT2D eigenvalue weighted by Crippen LogP contribution is 2.38. The van der Waals surface area contributed by atoms with Crippen LogP contribution in [0.15, 0.2) is 72.3 Å². The summed E-state index contributed by atoms with van der Waals surface area (Å²) < 4.78 is 0. The van der Waals surface area contributed by atoms with Crippen molar-refractivity contribution in [3.05, 3.63) is 83.4 Å². The predicted molar refractivity (Wildman–Crippen MR) is 126 cm³/mol. The second-order valence-electron chi connectivity index (χ2n) is 8.90. The van der Waals surface area contributed by atoms with Gasteiger partial charge in [0.25, 0.3) is 0 Å². The molecule has 29 heavy (non-hydrogen) atoms. The molecule has 2 aromatic carbocycles. The standard InChI is InChI=1S/C27H30OSi/c1-22(19-20-29(4,5)6)21-25(24-15-11-8-12-16-24)27(2,3)26(28)18-17-23-13-9-7-10-14-23/h7-16,21,25H,1-6H3/b22-21-. The third-order valence-electron chi connectivity index (χ3n) is 4.67. The maximum absolute atomic E-state index is 13.1. The number of Topliss-reactive ketones (excluding diaryl/α,β-unsaturated/α-hetero) is 1. The monoisotopic (exact) mass is 398 g/mol. The quantitative estimate of drug-likeness (QED) is 0.440. The number of allylic oxidation sites excluding steroid dienone is 2. The van der Waals surface area contributed by atoms with Gasteiger partial charge in [-0.25, -0.2) is 0 Å². The average molecular weight is 399 g/mol. The van der Waals surface area contributed by atoms with Gasteiger partial charge >= 0.3 is 0 Å². The van der Waals surface area contributed by atoms with Gasteiger partial charge in [-0.2, -0.15) is 0 Å². The minimum Gasteiger partial charge on any atom is -0.284 e. The van der Waals surface area contributed by atoms with E-state index in [9.17, 15) is 4.79 Å². The Bertz CT molecular complexity index is 985. The van der Waals surface area contributed by atoms with E-state index in [1.807, 2.05) is 69.3 Å². The molecule has 2 aromatic rings. The lowest BCUT2D eigenvalue weighted by Gasteiger charge is -2.30. The maximum Gasteiger partial charge on any atom is 0.212 e. The van der Waals surface area contributed by atoms with Gasteiger partial charge < -0.3 is 0 Å². The number of rotatable bonds is 4. The van der Waals surface area contributed by atoms with Crippen molar-refractivity contribution in [1.82, 2.24) is 0 Å². The highest BCUT2D eigenvalue weighted by atomic mass is 28.3. The average Bonchev–Trinajstić information content (AvgIpc) is 2.69. The van der Waals surface area contributed by atoms with E-state index in [2.05, 4.69) is 61.2 Å². The van der Waals surface area contributed by atoms with E-state index in [0.29, 0.717) is 0 Å². The fourth-order valence-corrected chi connectivity index (χ4v) is 3.48. The summed E-state index contributed by atoms with van der Waals surface area (Å²) in [6, 6.07) is 19.8. The second kappa shape index (κ2) is 9.60. The van der Waals surface area contributed by atoms with Gasteiger partial charge in [-0.3, -0.25) is 4.79 Å². The van der Waals surface area contributed by atoms with E-state index in [1.54, 1.807) is 0 Å². The molecular formula is C27H30OSi. The molecule has 148 valence electrons. The van der Waals surface area contributed by atoms with Gasteiger partial charge in [0.05, 0.1) is 0 Å². The number of carbonyl (C=O) groups excluding carboxylic acids is 1. The summed E-state index contributed by atoms with van der Waals surface area (Å²) in [5, 5.41) is 0. The summed E-state index contributed by atoms with van der Waals surface area (Å²) in [5.41, 5.74) is 5.68. The predicted octanol–water partition coefficient (Wildman–Crippen LogP) is 6.24. The van der Waals surface area contributed by atoms with Crippen molar-refractivity contribution in [1.29, 1.82) is 0 Å². The van der Waals surface area contributed by atoms with E-state index in [0.717, 1.165) is 16.7 Å². The lowest BCUT2D eigenvalue weighted by atomic mass is 9.71. The molecule has 0 saturated carbocycles. The Labute approximate surface area is 177 Å². The van der Waals surface area contributed by atoms with Crippen LogP contribution in [0.4, 0.5) is 0 Å². The number of benzene rings is 2. The molecule has 2 heteroatoms. The Balaban J connectivity index is 2.43. The zero-order chi connectivity index (χ0) is 21.5. The minimum absolute atomic E-state index is 0.0718. The van der Waals surface area contributed by atoms with Gasteiger partial charge in [0.2, 0.25) is 5.78 Å². The summed E-state index contributed by atoms with van der Waals surface area (Å²) in [7, 11) is -1.46. The Morgan fingerprint density at radius 2 is 1.48 bits per heavy atom. The Morgan fingerprint density at radius 1 is 0.931 bits per heavy atom. The maximum atomic E-state index is 13.1. The first-order chi connectivity index (χ1) is 13.6. The number of hydrogen-bond acceptors (Lipinski definition) is 1. The highest BCUT2D eigenvalue weighted by molar-refractivity contribution is 6.83. The molecule has 0 saturated heterocycles. The first kappa shape index (κ1) is 22.5. The van der Waals surface area contributed by atoms with Gasteiger partial charge in [-0.1, -0.05) is 99.9 Å². The smallest absolute Gasteiger partial charge is 0.212 e. The number of hydrogen-bond donors (Lipinski definition) is 0. The van der Waals surface area contributed by atoms with Crippen molar-refractivity contribution in [2.75, 3.05) is 0 Å². The van der Waals surface area contributed by atoms with Crippen LogP contribution in [0.25, 0.3) is 0 Å². The molecule has 2 rings (SSSR count). The van der Waals surface area contributed by atoms with Crippen LogP contribution in [0.3, 0.4) is 0 Å². The van der Waals surface area contributed by atoms with Crippen LogP contribution in [0, 0.1) is 28.7 Å². The Morgan fingerprint density at radius 3 is 2.03 bits per heavy atom. The second-order valence-corrected chi connectivity index (χ2v) is 13.7. The van der Waals surface area contributed by atoms with Crippen LogP contribution < -0.4 is 0 Å². The van der Waals surface area contributed by atoms with Gasteiger partial charge in [0.1, 0.15) is 8.07 Å². The first-order valence-corrected chi connectivity index (χ1v) is 13.5. The normalized spacial score (nSPS) is 12.8. The molecule has 0 aliphatic carbocycles. The molecule has 0 heterocycles. The fourth-order valence-electron chi connectivity index (χ4n) is 2.91. The van der Waals surface area contributed by atoms with Crippen molar-refractivity contribution in [2.45, 2.75) is 46.3 Å². The largest absolute Gasteiger partial charge is 0.284 e. The minimum atomic E-state index is -1.46. The van der Waals surface area contributed by atoms with E-state index in [1.165, 1.54) is 0 Å².